The number of phenolic OH excluding ortho intramolecular Hbond substituents is 1. The number of benzene rings is 2. The Kier molecular flexibility index (Phi) is 7.93. The Balaban J connectivity index is 2.75. The topological polar surface area (TPSA) is 72.8 Å². The zero-order chi connectivity index (χ0) is 24.3. The van der Waals surface area contributed by atoms with Crippen LogP contribution in [0.1, 0.15) is 63.8 Å². The zero-order valence-electron chi connectivity index (χ0n) is 20.4. The van der Waals surface area contributed by atoms with Crippen LogP contribution in [0.2, 0.25) is 0 Å². The number of rotatable bonds is 7. The Morgan fingerprint density at radius 1 is 0.938 bits per heavy atom. The van der Waals surface area contributed by atoms with Crippen LogP contribution in [0.5, 0.6) is 5.75 Å². The van der Waals surface area contributed by atoms with Gasteiger partial charge in [-0.1, -0.05) is 71.9 Å². The third-order valence-corrected chi connectivity index (χ3v) is 7.13. The summed E-state index contributed by atoms with van der Waals surface area (Å²) >= 11 is 0. The minimum atomic E-state index is -3.53. The molecule has 1 N–H and O–H groups in total. The first kappa shape index (κ1) is 26.1. The van der Waals surface area contributed by atoms with E-state index >= 15 is 0 Å². The highest BCUT2D eigenvalue weighted by Crippen LogP contribution is 2.47. The summed E-state index contributed by atoms with van der Waals surface area (Å²) in [6, 6.07) is 13.1. The van der Waals surface area contributed by atoms with Crippen LogP contribution in [0.25, 0.3) is 11.6 Å². The van der Waals surface area contributed by atoms with Crippen LogP contribution in [0.4, 0.5) is 0 Å². The molecule has 2 aromatic rings. The molecule has 2 aromatic carbocycles. The van der Waals surface area contributed by atoms with Gasteiger partial charge in [0.2, 0.25) is 0 Å². The molecule has 0 unspecified atom stereocenters. The molecule has 0 aliphatic carbocycles. The number of hydrogen-bond acceptors (Lipinski definition) is 5. The average Bonchev–Trinajstić information content (AvgIpc) is 2.71. The van der Waals surface area contributed by atoms with Gasteiger partial charge in [0.25, 0.3) is 0 Å². The molecule has 0 bridgehead atoms. The van der Waals surface area contributed by atoms with Gasteiger partial charge in [0, 0.05) is 30.9 Å². The van der Waals surface area contributed by atoms with Crippen molar-refractivity contribution in [2.45, 2.75) is 52.4 Å². The summed E-state index contributed by atoms with van der Waals surface area (Å²) in [6.07, 6.45) is 1.42. The van der Waals surface area contributed by atoms with Gasteiger partial charge in [-0.05, 0) is 40.2 Å². The smallest absolute Gasteiger partial charge is 0.337 e. The fraction of sp³-hybridized carbons (Fsp3) is 0.423. The Hall–Kier alpha value is -2.20. The molecule has 0 amide bonds. The van der Waals surface area contributed by atoms with E-state index in [-0.39, 0.29) is 28.5 Å². The minimum absolute atomic E-state index is 0.276. The van der Waals surface area contributed by atoms with Crippen molar-refractivity contribution in [1.29, 1.82) is 0 Å². The van der Waals surface area contributed by atoms with Crippen molar-refractivity contribution >= 4 is 25.0 Å². The minimum Gasteiger partial charge on any atom is -0.507 e. The fourth-order valence-corrected chi connectivity index (χ4v) is 4.39. The Morgan fingerprint density at radius 2 is 1.41 bits per heavy atom. The lowest BCUT2D eigenvalue weighted by Crippen LogP contribution is -2.17. The van der Waals surface area contributed by atoms with E-state index in [4.69, 9.17) is 9.05 Å². The first-order valence-corrected chi connectivity index (χ1v) is 12.3. The van der Waals surface area contributed by atoms with Gasteiger partial charge in [-0.25, -0.2) is 0 Å². The number of allylic oxidation sites excluding steroid dienone is 1. The number of phenols is 1. The highest BCUT2D eigenvalue weighted by atomic mass is 31.2. The fourth-order valence-electron chi connectivity index (χ4n) is 3.46. The van der Waals surface area contributed by atoms with Gasteiger partial charge in [-0.3, -0.25) is 9.36 Å². The predicted molar refractivity (Wildman–Crippen MR) is 131 cm³/mol. The van der Waals surface area contributed by atoms with Crippen molar-refractivity contribution in [2.75, 3.05) is 20.4 Å². The van der Waals surface area contributed by atoms with E-state index in [9.17, 15) is 14.5 Å². The van der Waals surface area contributed by atoms with Crippen LogP contribution in [-0.4, -0.2) is 31.3 Å². The maximum absolute atomic E-state index is 13.3. The highest BCUT2D eigenvalue weighted by molar-refractivity contribution is 7.55. The number of aromatic hydroxyl groups is 1. The summed E-state index contributed by atoms with van der Waals surface area (Å²) in [4.78, 5) is 13.3. The van der Waals surface area contributed by atoms with Crippen molar-refractivity contribution in [3.63, 3.8) is 0 Å². The molecule has 0 spiro atoms. The van der Waals surface area contributed by atoms with Crippen molar-refractivity contribution in [2.24, 2.45) is 0 Å². The van der Waals surface area contributed by atoms with Crippen LogP contribution in [0, 0.1) is 0 Å². The van der Waals surface area contributed by atoms with Crippen molar-refractivity contribution in [3.8, 4) is 5.75 Å². The summed E-state index contributed by atoms with van der Waals surface area (Å²) < 4.78 is 22.6. The van der Waals surface area contributed by atoms with E-state index in [0.717, 1.165) is 16.7 Å². The molecular formula is C26H35O5P. The number of ketones is 1. The Labute approximate surface area is 192 Å². The second-order valence-electron chi connectivity index (χ2n) is 9.95. The lowest BCUT2D eigenvalue weighted by atomic mass is 9.78. The van der Waals surface area contributed by atoms with Gasteiger partial charge >= 0.3 is 7.60 Å². The number of Topliss-reactive ketones (excluding diaryl/α,β-unsaturated/α-hetero) is 1. The molecule has 0 saturated heterocycles. The zero-order valence-corrected chi connectivity index (χ0v) is 21.2. The maximum Gasteiger partial charge on any atom is 0.337 e. The molecule has 0 heterocycles. The first-order valence-electron chi connectivity index (χ1n) is 10.6. The van der Waals surface area contributed by atoms with Gasteiger partial charge < -0.3 is 14.2 Å². The molecular weight excluding hydrogens is 423 g/mol. The number of carbonyl (C=O) groups is 1. The van der Waals surface area contributed by atoms with Gasteiger partial charge in [0.05, 0.1) is 0 Å². The van der Waals surface area contributed by atoms with E-state index in [0.29, 0.717) is 11.1 Å². The standard InChI is InChI=1S/C26H35O5P/c1-25(2,3)21-15-18(16-22(24(21)28)26(4,5)6)14-20(19-12-10-9-11-13-19)23(27)17-32(29,30-7)31-8/h9-16,28H,17H2,1-8H3. The van der Waals surface area contributed by atoms with E-state index < -0.39 is 7.60 Å². The summed E-state index contributed by atoms with van der Waals surface area (Å²) in [5.74, 6) is -0.0658. The molecule has 0 aliphatic rings. The molecule has 6 heteroatoms. The van der Waals surface area contributed by atoms with Crippen LogP contribution < -0.4 is 0 Å². The highest BCUT2D eigenvalue weighted by Gasteiger charge is 2.29. The molecule has 0 aliphatic heterocycles. The SMILES string of the molecule is COP(=O)(CC(=O)C(=Cc1cc(C(C)(C)C)c(O)c(C(C)(C)C)c1)c1ccccc1)OC. The molecule has 0 atom stereocenters. The lowest BCUT2D eigenvalue weighted by Gasteiger charge is -2.28. The second-order valence-corrected chi connectivity index (χ2v) is 12.2. The third-order valence-electron chi connectivity index (χ3n) is 5.34. The van der Waals surface area contributed by atoms with Crippen molar-refractivity contribution < 1.29 is 23.5 Å². The second kappa shape index (κ2) is 9.74. The van der Waals surface area contributed by atoms with Crippen molar-refractivity contribution in [3.05, 3.63) is 64.7 Å². The van der Waals surface area contributed by atoms with E-state index in [1.165, 1.54) is 14.2 Å². The summed E-state index contributed by atoms with van der Waals surface area (Å²) in [5.41, 5.74) is 2.91. The lowest BCUT2D eigenvalue weighted by molar-refractivity contribution is -0.111. The van der Waals surface area contributed by atoms with Crippen LogP contribution >= 0.6 is 7.60 Å². The summed E-state index contributed by atoms with van der Waals surface area (Å²) in [5, 5.41) is 11.0. The van der Waals surface area contributed by atoms with Gasteiger partial charge in [0.15, 0.2) is 5.78 Å². The van der Waals surface area contributed by atoms with Crippen LogP contribution in [0.3, 0.4) is 0 Å². The predicted octanol–water partition coefficient (Wildman–Crippen LogP) is 6.58. The third kappa shape index (κ3) is 6.19. The molecule has 0 saturated carbocycles. The van der Waals surface area contributed by atoms with Gasteiger partial charge in [-0.2, -0.15) is 0 Å². The molecule has 2 rings (SSSR count). The Morgan fingerprint density at radius 3 is 1.81 bits per heavy atom. The number of hydrogen-bond donors (Lipinski definition) is 1. The van der Waals surface area contributed by atoms with Gasteiger partial charge in [0.1, 0.15) is 11.9 Å². The normalized spacial score (nSPS) is 13.3. The van der Waals surface area contributed by atoms with E-state index in [2.05, 4.69) is 0 Å². The molecule has 5 nitrogen and oxygen atoms in total. The van der Waals surface area contributed by atoms with E-state index in [1.807, 2.05) is 84.0 Å². The summed E-state index contributed by atoms with van der Waals surface area (Å²) in [7, 11) is -0.982. The summed E-state index contributed by atoms with van der Waals surface area (Å²) in [6.45, 7) is 12.2. The largest absolute Gasteiger partial charge is 0.507 e. The quantitative estimate of drug-likeness (QED) is 0.288. The van der Waals surface area contributed by atoms with E-state index in [1.54, 1.807) is 6.08 Å². The monoisotopic (exact) mass is 458 g/mol. The first-order chi connectivity index (χ1) is 14.7. The Bertz CT molecular complexity index is 997. The molecule has 0 aromatic heterocycles. The van der Waals surface area contributed by atoms with Gasteiger partial charge in [-0.15, -0.1) is 0 Å². The average molecular weight is 459 g/mol. The molecule has 174 valence electrons. The van der Waals surface area contributed by atoms with Crippen molar-refractivity contribution in [1.82, 2.24) is 0 Å². The van der Waals surface area contributed by atoms with Crippen LogP contribution in [-0.2, 0) is 29.2 Å². The number of carbonyl (C=O) groups excluding carboxylic acids is 1. The molecule has 32 heavy (non-hydrogen) atoms. The van der Waals surface area contributed by atoms with Crippen LogP contribution in [0.15, 0.2) is 42.5 Å². The molecule has 0 radical (unpaired) electrons. The molecule has 0 fully saturated rings. The maximum atomic E-state index is 13.3.